The van der Waals surface area contributed by atoms with Crippen LogP contribution >= 0.6 is 27.5 Å². The third-order valence-corrected chi connectivity index (χ3v) is 6.48. The SMILES string of the molecule is Cc1cccc(COc2cc(C)n(-c3cc(-c4nc(C(C)(C)O)ncc4C)ncc3Cl)c(=O)c2Br)n1. The molecule has 0 aliphatic rings. The maximum Gasteiger partial charge on any atom is 0.273 e. The molecule has 4 aromatic rings. The topological polar surface area (TPSA) is 103 Å². The molecule has 0 radical (unpaired) electrons. The van der Waals surface area contributed by atoms with Crippen LogP contribution in [0.5, 0.6) is 5.75 Å². The highest BCUT2D eigenvalue weighted by atomic mass is 79.9. The molecule has 0 aromatic carbocycles. The van der Waals surface area contributed by atoms with E-state index in [0.717, 1.165) is 17.0 Å². The van der Waals surface area contributed by atoms with Crippen LogP contribution in [0.2, 0.25) is 5.02 Å². The Kier molecular flexibility index (Phi) is 7.26. The molecule has 1 N–H and O–H groups in total. The molecule has 0 bridgehead atoms. The van der Waals surface area contributed by atoms with Crippen LogP contribution in [0.3, 0.4) is 0 Å². The van der Waals surface area contributed by atoms with Gasteiger partial charge in [0.2, 0.25) is 0 Å². The van der Waals surface area contributed by atoms with Crippen molar-refractivity contribution in [3.8, 4) is 22.8 Å². The summed E-state index contributed by atoms with van der Waals surface area (Å²) in [7, 11) is 0. The van der Waals surface area contributed by atoms with Crippen LogP contribution in [0.25, 0.3) is 17.1 Å². The van der Waals surface area contributed by atoms with Gasteiger partial charge in [-0.2, -0.15) is 0 Å². The molecular formula is C26H25BrClN5O3. The number of hydrogen-bond acceptors (Lipinski definition) is 7. The van der Waals surface area contributed by atoms with Crippen LogP contribution in [0.1, 0.15) is 42.3 Å². The summed E-state index contributed by atoms with van der Waals surface area (Å²) in [5.74, 6) is 0.672. The van der Waals surface area contributed by atoms with E-state index in [9.17, 15) is 9.90 Å². The smallest absolute Gasteiger partial charge is 0.273 e. The quantitative estimate of drug-likeness (QED) is 0.338. The predicted molar refractivity (Wildman–Crippen MR) is 142 cm³/mol. The summed E-state index contributed by atoms with van der Waals surface area (Å²) in [6.45, 7) is 9.00. The zero-order chi connectivity index (χ0) is 26.2. The van der Waals surface area contributed by atoms with Gasteiger partial charge in [-0.1, -0.05) is 17.7 Å². The van der Waals surface area contributed by atoms with E-state index in [2.05, 4.69) is 35.9 Å². The number of halogens is 2. The largest absolute Gasteiger partial charge is 0.486 e. The standard InChI is InChI=1S/C26H25BrClN5O3/c1-14-11-30-25(26(4,5)35)32-23(14)19-10-20(18(28)12-29-19)33-16(3)9-21(22(27)24(33)34)36-13-17-8-6-7-15(2)31-17/h6-12,35H,13H2,1-5H3. The molecule has 0 amide bonds. The zero-order valence-corrected chi connectivity index (χ0v) is 22.8. The summed E-state index contributed by atoms with van der Waals surface area (Å²) in [5, 5.41) is 10.6. The predicted octanol–water partition coefficient (Wildman–Crippen LogP) is 5.23. The first-order valence-electron chi connectivity index (χ1n) is 11.2. The summed E-state index contributed by atoms with van der Waals surface area (Å²) in [5.41, 5.74) is 2.95. The zero-order valence-electron chi connectivity index (χ0n) is 20.5. The number of hydrogen-bond donors (Lipinski definition) is 1. The van der Waals surface area contributed by atoms with E-state index in [1.807, 2.05) is 32.0 Å². The lowest BCUT2D eigenvalue weighted by Crippen LogP contribution is -2.23. The summed E-state index contributed by atoms with van der Waals surface area (Å²) in [6, 6.07) is 9.15. The van der Waals surface area contributed by atoms with Crippen molar-refractivity contribution in [1.29, 1.82) is 0 Å². The van der Waals surface area contributed by atoms with Gasteiger partial charge in [-0.15, -0.1) is 0 Å². The van der Waals surface area contributed by atoms with Crippen molar-refractivity contribution in [3.63, 3.8) is 0 Å². The van der Waals surface area contributed by atoms with Crippen molar-refractivity contribution in [2.45, 2.75) is 46.8 Å². The van der Waals surface area contributed by atoms with Crippen LogP contribution in [0.15, 0.2) is 52.0 Å². The van der Waals surface area contributed by atoms with Gasteiger partial charge in [0, 0.05) is 29.8 Å². The van der Waals surface area contributed by atoms with E-state index in [1.165, 1.54) is 10.8 Å². The number of aliphatic hydroxyl groups is 1. The van der Waals surface area contributed by atoms with Gasteiger partial charge in [0.05, 0.1) is 27.8 Å². The number of rotatable bonds is 6. The number of aryl methyl sites for hydroxylation is 3. The Bertz CT molecular complexity index is 1510. The molecule has 0 spiro atoms. The summed E-state index contributed by atoms with van der Waals surface area (Å²) in [6.07, 6.45) is 3.11. The fraction of sp³-hybridized carbons (Fsp3) is 0.269. The maximum absolute atomic E-state index is 13.4. The highest BCUT2D eigenvalue weighted by Gasteiger charge is 2.22. The highest BCUT2D eigenvalue weighted by Crippen LogP contribution is 2.30. The van der Waals surface area contributed by atoms with E-state index in [1.54, 1.807) is 39.1 Å². The first kappa shape index (κ1) is 25.9. The monoisotopic (exact) mass is 569 g/mol. The summed E-state index contributed by atoms with van der Waals surface area (Å²) in [4.78, 5) is 31.0. The Morgan fingerprint density at radius 2 is 1.86 bits per heavy atom. The Balaban J connectivity index is 1.75. The Morgan fingerprint density at radius 1 is 1.11 bits per heavy atom. The van der Waals surface area contributed by atoms with E-state index in [0.29, 0.717) is 33.5 Å². The average molecular weight is 571 g/mol. The van der Waals surface area contributed by atoms with Gasteiger partial charge in [-0.25, -0.2) is 9.97 Å². The van der Waals surface area contributed by atoms with Crippen molar-refractivity contribution in [3.05, 3.63) is 91.0 Å². The lowest BCUT2D eigenvalue weighted by atomic mass is 10.1. The van der Waals surface area contributed by atoms with Crippen molar-refractivity contribution in [2.24, 2.45) is 0 Å². The molecule has 0 unspecified atom stereocenters. The van der Waals surface area contributed by atoms with Crippen molar-refractivity contribution >= 4 is 27.5 Å². The lowest BCUT2D eigenvalue weighted by Gasteiger charge is -2.18. The van der Waals surface area contributed by atoms with Gasteiger partial charge in [0.15, 0.2) is 5.82 Å². The first-order chi connectivity index (χ1) is 17.0. The van der Waals surface area contributed by atoms with Gasteiger partial charge in [0.25, 0.3) is 5.56 Å². The molecule has 186 valence electrons. The normalized spacial score (nSPS) is 11.6. The second-order valence-corrected chi connectivity index (χ2v) is 10.2. The molecule has 4 rings (SSSR count). The van der Waals surface area contributed by atoms with Crippen LogP contribution in [-0.2, 0) is 12.2 Å². The molecule has 4 heterocycles. The lowest BCUT2D eigenvalue weighted by molar-refractivity contribution is 0.0688. The molecule has 0 atom stereocenters. The number of nitrogens with zero attached hydrogens (tertiary/aromatic N) is 5. The van der Waals surface area contributed by atoms with E-state index >= 15 is 0 Å². The van der Waals surface area contributed by atoms with Crippen molar-refractivity contribution in [1.82, 2.24) is 24.5 Å². The van der Waals surface area contributed by atoms with Gasteiger partial charge in [0.1, 0.15) is 22.4 Å². The second-order valence-electron chi connectivity index (χ2n) is 8.97. The molecule has 10 heteroatoms. The minimum atomic E-state index is -1.22. The fourth-order valence-electron chi connectivity index (χ4n) is 3.64. The molecule has 0 aliphatic heterocycles. The van der Waals surface area contributed by atoms with Crippen molar-refractivity contribution in [2.75, 3.05) is 0 Å². The van der Waals surface area contributed by atoms with E-state index in [-0.39, 0.29) is 22.5 Å². The van der Waals surface area contributed by atoms with Crippen LogP contribution in [0.4, 0.5) is 0 Å². The highest BCUT2D eigenvalue weighted by molar-refractivity contribution is 9.10. The van der Waals surface area contributed by atoms with Gasteiger partial charge < -0.3 is 9.84 Å². The second kappa shape index (κ2) is 10.1. The van der Waals surface area contributed by atoms with Crippen LogP contribution in [0, 0.1) is 20.8 Å². The van der Waals surface area contributed by atoms with Crippen LogP contribution < -0.4 is 10.3 Å². The average Bonchev–Trinajstić information content (AvgIpc) is 2.81. The van der Waals surface area contributed by atoms with Gasteiger partial charge in [-0.05, 0) is 74.3 Å². The maximum atomic E-state index is 13.4. The van der Waals surface area contributed by atoms with E-state index < -0.39 is 5.60 Å². The number of pyridine rings is 3. The minimum absolute atomic E-state index is 0.222. The molecular weight excluding hydrogens is 546 g/mol. The molecule has 0 fully saturated rings. The molecule has 4 aromatic heterocycles. The third kappa shape index (κ3) is 5.33. The molecule has 8 nitrogen and oxygen atoms in total. The Labute approximate surface area is 222 Å². The molecule has 0 saturated heterocycles. The fourth-order valence-corrected chi connectivity index (χ4v) is 4.24. The van der Waals surface area contributed by atoms with Gasteiger partial charge >= 0.3 is 0 Å². The van der Waals surface area contributed by atoms with E-state index in [4.69, 9.17) is 16.3 Å². The number of aromatic nitrogens is 5. The van der Waals surface area contributed by atoms with Crippen molar-refractivity contribution < 1.29 is 9.84 Å². The molecule has 0 aliphatic carbocycles. The summed E-state index contributed by atoms with van der Waals surface area (Å²) >= 11 is 9.90. The number of ether oxygens (including phenoxy) is 1. The summed E-state index contributed by atoms with van der Waals surface area (Å²) < 4.78 is 7.66. The first-order valence-corrected chi connectivity index (χ1v) is 12.3. The third-order valence-electron chi connectivity index (χ3n) is 5.46. The Hall–Kier alpha value is -3.14. The minimum Gasteiger partial charge on any atom is -0.486 e. The van der Waals surface area contributed by atoms with Crippen LogP contribution in [-0.4, -0.2) is 29.6 Å². The van der Waals surface area contributed by atoms with Gasteiger partial charge in [-0.3, -0.25) is 19.3 Å². The molecule has 0 saturated carbocycles. The Morgan fingerprint density at radius 3 is 2.56 bits per heavy atom. The molecule has 36 heavy (non-hydrogen) atoms.